The molecule has 1 aliphatic heterocycles. The Bertz CT molecular complexity index is 969. The molecule has 0 bridgehead atoms. The van der Waals surface area contributed by atoms with Crippen LogP contribution in [0.1, 0.15) is 55.4 Å². The van der Waals surface area contributed by atoms with Gasteiger partial charge in [-0.1, -0.05) is 19.8 Å². The minimum atomic E-state index is -1.13. The Kier molecular flexibility index (Phi) is 5.80. The summed E-state index contributed by atoms with van der Waals surface area (Å²) in [6.07, 6.45) is 0. The largest absolute Gasteiger partial charge is 0.443 e. The summed E-state index contributed by atoms with van der Waals surface area (Å²) < 4.78 is 7.28. The van der Waals surface area contributed by atoms with Crippen molar-refractivity contribution in [3.8, 4) is 11.8 Å². The predicted octanol–water partition coefficient (Wildman–Crippen LogP) is 1.53. The molecular formula is C21H26N4O4. The van der Waals surface area contributed by atoms with Crippen LogP contribution in [-0.2, 0) is 24.4 Å². The topological polar surface area (TPSA) is 101 Å². The van der Waals surface area contributed by atoms with Crippen LogP contribution in [0.3, 0.4) is 0 Å². The van der Waals surface area contributed by atoms with Crippen LogP contribution in [-0.4, -0.2) is 43.7 Å². The molecule has 2 amide bonds. The van der Waals surface area contributed by atoms with Crippen LogP contribution in [0.4, 0.5) is 0 Å². The highest BCUT2D eigenvalue weighted by Crippen LogP contribution is 2.16. The molecule has 8 heteroatoms. The number of fused-ring (bicyclic) bond motifs is 1. The lowest BCUT2D eigenvalue weighted by atomic mass is 10.1. The van der Waals surface area contributed by atoms with Crippen molar-refractivity contribution in [1.29, 1.82) is 0 Å². The van der Waals surface area contributed by atoms with Crippen LogP contribution in [0, 0.1) is 17.8 Å². The Morgan fingerprint density at radius 3 is 2.79 bits per heavy atom. The number of carbonyl (C=O) groups excluding carboxylic acids is 2. The van der Waals surface area contributed by atoms with Crippen LogP contribution in [0.25, 0.3) is 0 Å². The van der Waals surface area contributed by atoms with E-state index in [1.165, 1.54) is 6.07 Å². The lowest BCUT2D eigenvalue weighted by molar-refractivity contribution is -0.136. The van der Waals surface area contributed by atoms with Crippen molar-refractivity contribution in [2.75, 3.05) is 6.54 Å². The minimum Gasteiger partial charge on any atom is -0.443 e. The smallest absolute Gasteiger partial charge is 0.287 e. The maximum absolute atomic E-state index is 12.3. The van der Waals surface area contributed by atoms with Crippen molar-refractivity contribution >= 4 is 11.8 Å². The Morgan fingerprint density at radius 1 is 1.34 bits per heavy atom. The van der Waals surface area contributed by atoms with Crippen molar-refractivity contribution in [3.63, 3.8) is 0 Å². The number of hydrogen-bond donors (Lipinski definition) is 2. The number of aliphatic hydroxyl groups is 1. The van der Waals surface area contributed by atoms with Gasteiger partial charge in [-0.15, -0.1) is 0 Å². The molecule has 0 radical (unpaired) electrons. The first kappa shape index (κ1) is 20.7. The number of nitrogens with one attached hydrogen (secondary N) is 1. The van der Waals surface area contributed by atoms with Gasteiger partial charge >= 0.3 is 0 Å². The van der Waals surface area contributed by atoms with Crippen molar-refractivity contribution < 1.29 is 19.1 Å². The maximum atomic E-state index is 12.3. The van der Waals surface area contributed by atoms with Gasteiger partial charge in [0.2, 0.25) is 5.91 Å². The van der Waals surface area contributed by atoms with Crippen LogP contribution < -0.4 is 5.32 Å². The Morgan fingerprint density at radius 2 is 2.10 bits per heavy atom. The van der Waals surface area contributed by atoms with Crippen molar-refractivity contribution in [1.82, 2.24) is 20.0 Å². The van der Waals surface area contributed by atoms with Crippen molar-refractivity contribution in [3.05, 3.63) is 41.1 Å². The molecule has 0 spiro atoms. The third kappa shape index (κ3) is 5.27. The molecule has 0 aromatic carbocycles. The molecule has 2 aromatic rings. The fourth-order valence-corrected chi connectivity index (χ4v) is 2.97. The number of amides is 2. The van der Waals surface area contributed by atoms with E-state index in [4.69, 9.17) is 4.42 Å². The molecule has 0 saturated carbocycles. The normalized spacial score (nSPS) is 13.7. The van der Waals surface area contributed by atoms with Gasteiger partial charge in [0.1, 0.15) is 5.60 Å². The fourth-order valence-electron chi connectivity index (χ4n) is 2.97. The first-order valence-electron chi connectivity index (χ1n) is 9.60. The molecule has 3 heterocycles. The Balaban J connectivity index is 1.59. The first-order chi connectivity index (χ1) is 13.6. The SMILES string of the molecule is CC(C)C(=O)N1CCn2nc(CNC(=O)c3ccc(C#CC(C)(C)O)o3)cc2C1. The average Bonchev–Trinajstić information content (AvgIpc) is 3.29. The molecule has 29 heavy (non-hydrogen) atoms. The number of nitrogens with zero attached hydrogens (tertiary/aromatic N) is 3. The molecule has 3 rings (SSSR count). The summed E-state index contributed by atoms with van der Waals surface area (Å²) in [6, 6.07) is 5.03. The van der Waals surface area contributed by atoms with E-state index in [1.54, 1.807) is 19.9 Å². The van der Waals surface area contributed by atoms with E-state index in [2.05, 4.69) is 22.3 Å². The van der Waals surface area contributed by atoms with E-state index < -0.39 is 5.60 Å². The van der Waals surface area contributed by atoms with Crippen LogP contribution in [0.2, 0.25) is 0 Å². The second-order valence-electron chi connectivity index (χ2n) is 7.92. The molecule has 0 saturated heterocycles. The molecule has 2 N–H and O–H groups in total. The molecule has 154 valence electrons. The standard InChI is InChI=1S/C21H26N4O4/c1-14(2)20(27)24-9-10-25-16(13-24)11-15(23-25)12-22-19(26)18-6-5-17(29-18)7-8-21(3,4)28/h5-6,11,14,28H,9-10,12-13H2,1-4H3,(H,22,26). The van der Waals surface area contributed by atoms with Gasteiger partial charge in [0.15, 0.2) is 11.5 Å². The second-order valence-corrected chi connectivity index (χ2v) is 7.92. The summed E-state index contributed by atoms with van der Waals surface area (Å²) in [4.78, 5) is 26.3. The Hall–Kier alpha value is -3.05. The van der Waals surface area contributed by atoms with E-state index in [9.17, 15) is 14.7 Å². The Labute approximate surface area is 169 Å². The maximum Gasteiger partial charge on any atom is 0.287 e. The summed E-state index contributed by atoms with van der Waals surface area (Å²) in [5.74, 6) is 5.51. The molecule has 0 fully saturated rings. The second kappa shape index (κ2) is 8.13. The number of furan rings is 1. The van der Waals surface area contributed by atoms with E-state index >= 15 is 0 Å². The summed E-state index contributed by atoms with van der Waals surface area (Å²) in [5, 5.41) is 16.9. The summed E-state index contributed by atoms with van der Waals surface area (Å²) >= 11 is 0. The number of hydrogen-bond acceptors (Lipinski definition) is 5. The van der Waals surface area contributed by atoms with E-state index in [1.807, 2.05) is 29.5 Å². The van der Waals surface area contributed by atoms with Crippen LogP contribution in [0.5, 0.6) is 0 Å². The number of rotatable bonds is 4. The highest BCUT2D eigenvalue weighted by molar-refractivity contribution is 5.91. The monoisotopic (exact) mass is 398 g/mol. The van der Waals surface area contributed by atoms with E-state index in [0.29, 0.717) is 25.4 Å². The van der Waals surface area contributed by atoms with Gasteiger partial charge in [-0.3, -0.25) is 14.3 Å². The van der Waals surface area contributed by atoms with Crippen LogP contribution in [0.15, 0.2) is 22.6 Å². The zero-order chi connectivity index (χ0) is 21.2. The molecule has 8 nitrogen and oxygen atoms in total. The lowest BCUT2D eigenvalue weighted by Crippen LogP contribution is -2.40. The van der Waals surface area contributed by atoms with Gasteiger partial charge in [-0.25, -0.2) is 0 Å². The lowest BCUT2D eigenvalue weighted by Gasteiger charge is -2.29. The highest BCUT2D eigenvalue weighted by Gasteiger charge is 2.24. The van der Waals surface area contributed by atoms with Gasteiger partial charge in [-0.05, 0) is 38.0 Å². The van der Waals surface area contributed by atoms with Gasteiger partial charge in [0.25, 0.3) is 5.91 Å². The summed E-state index contributed by atoms with van der Waals surface area (Å²) in [7, 11) is 0. The predicted molar refractivity (Wildman–Crippen MR) is 106 cm³/mol. The van der Waals surface area contributed by atoms with Crippen molar-refractivity contribution in [2.45, 2.75) is 52.9 Å². The zero-order valence-corrected chi connectivity index (χ0v) is 17.2. The third-order valence-corrected chi connectivity index (χ3v) is 4.41. The van der Waals surface area contributed by atoms with E-state index in [0.717, 1.165) is 11.4 Å². The molecular weight excluding hydrogens is 372 g/mol. The number of aromatic nitrogens is 2. The first-order valence-corrected chi connectivity index (χ1v) is 9.60. The van der Waals surface area contributed by atoms with Gasteiger partial charge in [0.05, 0.1) is 31.0 Å². The highest BCUT2D eigenvalue weighted by atomic mass is 16.3. The number of carbonyl (C=O) groups is 2. The zero-order valence-electron chi connectivity index (χ0n) is 17.2. The molecule has 0 aliphatic carbocycles. The summed E-state index contributed by atoms with van der Waals surface area (Å²) in [5.41, 5.74) is 0.544. The third-order valence-electron chi connectivity index (χ3n) is 4.41. The molecule has 1 aliphatic rings. The van der Waals surface area contributed by atoms with E-state index in [-0.39, 0.29) is 30.0 Å². The fraction of sp³-hybridized carbons (Fsp3) is 0.476. The summed E-state index contributed by atoms with van der Waals surface area (Å²) in [6.45, 7) is 8.98. The van der Waals surface area contributed by atoms with Gasteiger partial charge in [-0.2, -0.15) is 5.10 Å². The van der Waals surface area contributed by atoms with Crippen molar-refractivity contribution in [2.24, 2.45) is 5.92 Å². The average molecular weight is 398 g/mol. The minimum absolute atomic E-state index is 0.0328. The molecule has 0 atom stereocenters. The van der Waals surface area contributed by atoms with Gasteiger partial charge in [0, 0.05) is 12.5 Å². The van der Waals surface area contributed by atoms with Gasteiger partial charge < -0.3 is 19.7 Å². The molecule has 0 unspecified atom stereocenters. The molecule has 2 aromatic heterocycles. The quantitative estimate of drug-likeness (QED) is 0.761. The van der Waals surface area contributed by atoms with Crippen LogP contribution >= 0.6 is 0 Å².